The van der Waals surface area contributed by atoms with Crippen LogP contribution in [-0.2, 0) is 0 Å². The van der Waals surface area contributed by atoms with Crippen LogP contribution >= 0.6 is 12.2 Å². The lowest BCUT2D eigenvalue weighted by atomic mass is 9.97. The molecule has 0 aliphatic carbocycles. The molecule has 25 heavy (non-hydrogen) atoms. The van der Waals surface area contributed by atoms with Crippen molar-refractivity contribution in [2.24, 2.45) is 5.92 Å². The van der Waals surface area contributed by atoms with Crippen LogP contribution in [0.4, 0.5) is 5.69 Å². The van der Waals surface area contributed by atoms with Crippen LogP contribution in [0, 0.1) is 5.92 Å². The maximum Gasteiger partial charge on any atom is 0.171 e. The Bertz CT molecular complexity index is 689. The average Bonchev–Trinajstić information content (AvgIpc) is 2.61. The number of rotatable bonds is 7. The molecule has 0 fully saturated rings. The van der Waals surface area contributed by atoms with E-state index in [1.54, 1.807) is 14.2 Å². The van der Waals surface area contributed by atoms with E-state index in [2.05, 4.69) is 36.6 Å². The molecule has 2 aromatic carbocycles. The molecule has 0 aliphatic rings. The standard InChI is InChI=1S/C20H26N2O2S/c1-14(2)12-18(15-8-6-5-7-9-15)22-20(25)21-17-11-10-16(23-3)13-19(17)24-4/h5-11,13-14,18H,12H2,1-4H3,(H2,21,22,25)/t18-/m1/s1. The molecule has 2 N–H and O–H groups in total. The molecule has 4 nitrogen and oxygen atoms in total. The topological polar surface area (TPSA) is 42.5 Å². The minimum atomic E-state index is 0.158. The van der Waals surface area contributed by atoms with E-state index in [0.717, 1.165) is 17.9 Å². The normalized spacial score (nSPS) is 11.7. The molecule has 0 aliphatic heterocycles. The van der Waals surface area contributed by atoms with E-state index in [4.69, 9.17) is 21.7 Å². The van der Waals surface area contributed by atoms with Crippen molar-refractivity contribution in [3.63, 3.8) is 0 Å². The quantitative estimate of drug-likeness (QED) is 0.698. The molecule has 0 aromatic heterocycles. The summed E-state index contributed by atoms with van der Waals surface area (Å²) in [5, 5.41) is 7.22. The van der Waals surface area contributed by atoms with Crippen LogP contribution in [0.25, 0.3) is 0 Å². The highest BCUT2D eigenvalue weighted by Crippen LogP contribution is 2.29. The summed E-state index contributed by atoms with van der Waals surface area (Å²) in [6.45, 7) is 4.42. The van der Waals surface area contributed by atoms with Crippen molar-refractivity contribution in [2.75, 3.05) is 19.5 Å². The molecule has 5 heteroatoms. The molecule has 0 saturated carbocycles. The molecular weight excluding hydrogens is 332 g/mol. The molecule has 0 unspecified atom stereocenters. The van der Waals surface area contributed by atoms with Gasteiger partial charge in [0.1, 0.15) is 11.5 Å². The Morgan fingerprint density at radius 3 is 2.36 bits per heavy atom. The van der Waals surface area contributed by atoms with Gasteiger partial charge in [-0.15, -0.1) is 0 Å². The zero-order valence-corrected chi connectivity index (χ0v) is 16.0. The molecule has 134 valence electrons. The average molecular weight is 359 g/mol. The number of ether oxygens (including phenoxy) is 2. The first-order valence-corrected chi connectivity index (χ1v) is 8.78. The Hall–Kier alpha value is -2.27. The van der Waals surface area contributed by atoms with Gasteiger partial charge in [0.15, 0.2) is 5.11 Å². The van der Waals surface area contributed by atoms with Gasteiger partial charge in [-0.1, -0.05) is 44.2 Å². The number of benzene rings is 2. The largest absolute Gasteiger partial charge is 0.497 e. The molecule has 1 atom stereocenters. The van der Waals surface area contributed by atoms with Gasteiger partial charge in [-0.2, -0.15) is 0 Å². The second-order valence-electron chi connectivity index (χ2n) is 6.26. The van der Waals surface area contributed by atoms with Crippen LogP contribution in [0.3, 0.4) is 0 Å². The Kier molecular flexibility index (Phi) is 7.07. The molecular formula is C20H26N2O2S. The van der Waals surface area contributed by atoms with Gasteiger partial charge in [-0.05, 0) is 42.3 Å². The summed E-state index contributed by atoms with van der Waals surface area (Å²) in [5.41, 5.74) is 2.03. The summed E-state index contributed by atoms with van der Waals surface area (Å²) in [4.78, 5) is 0. The molecule has 2 rings (SSSR count). The Morgan fingerprint density at radius 1 is 1.04 bits per heavy atom. The summed E-state index contributed by atoms with van der Waals surface area (Å²) in [7, 11) is 3.26. The first-order chi connectivity index (χ1) is 12.0. The first-order valence-electron chi connectivity index (χ1n) is 8.38. The van der Waals surface area contributed by atoms with Crippen LogP contribution < -0.4 is 20.1 Å². The molecule has 0 radical (unpaired) electrons. The minimum absolute atomic E-state index is 0.158. The molecule has 2 aromatic rings. The zero-order chi connectivity index (χ0) is 18.2. The number of anilines is 1. The third-order valence-corrected chi connectivity index (χ3v) is 4.09. The van der Waals surface area contributed by atoms with Crippen molar-refractivity contribution < 1.29 is 9.47 Å². The highest BCUT2D eigenvalue weighted by atomic mass is 32.1. The van der Waals surface area contributed by atoms with E-state index in [-0.39, 0.29) is 6.04 Å². The number of hydrogen-bond donors (Lipinski definition) is 2. The maximum atomic E-state index is 5.52. The van der Waals surface area contributed by atoms with Gasteiger partial charge in [-0.3, -0.25) is 0 Å². The van der Waals surface area contributed by atoms with Crippen molar-refractivity contribution in [1.29, 1.82) is 0 Å². The summed E-state index contributed by atoms with van der Waals surface area (Å²) in [5.74, 6) is 1.97. The molecule has 0 spiro atoms. The maximum absolute atomic E-state index is 5.52. The van der Waals surface area contributed by atoms with Crippen molar-refractivity contribution in [1.82, 2.24) is 5.32 Å². The Morgan fingerprint density at radius 2 is 1.76 bits per heavy atom. The second kappa shape index (κ2) is 9.28. The van der Waals surface area contributed by atoms with Gasteiger partial charge in [0, 0.05) is 6.07 Å². The van der Waals surface area contributed by atoms with Crippen molar-refractivity contribution in [2.45, 2.75) is 26.3 Å². The fraction of sp³-hybridized carbons (Fsp3) is 0.350. The van der Waals surface area contributed by atoms with E-state index in [1.165, 1.54) is 5.56 Å². The first kappa shape index (κ1) is 19.1. The van der Waals surface area contributed by atoms with Crippen LogP contribution in [0.5, 0.6) is 11.5 Å². The third-order valence-electron chi connectivity index (χ3n) is 3.87. The number of hydrogen-bond acceptors (Lipinski definition) is 3. The lowest BCUT2D eigenvalue weighted by Gasteiger charge is -2.23. The third kappa shape index (κ3) is 5.64. The van der Waals surface area contributed by atoms with E-state index in [1.807, 2.05) is 36.4 Å². The summed E-state index contributed by atoms with van der Waals surface area (Å²) in [6.07, 6.45) is 0.992. The summed E-state index contributed by atoms with van der Waals surface area (Å²) in [6, 6.07) is 16.1. The van der Waals surface area contributed by atoms with E-state index < -0.39 is 0 Å². The highest BCUT2D eigenvalue weighted by molar-refractivity contribution is 7.80. The second-order valence-corrected chi connectivity index (χ2v) is 6.67. The lowest BCUT2D eigenvalue weighted by molar-refractivity contribution is 0.395. The van der Waals surface area contributed by atoms with Crippen molar-refractivity contribution in [3.05, 3.63) is 54.1 Å². The predicted molar refractivity (Wildman–Crippen MR) is 108 cm³/mol. The van der Waals surface area contributed by atoms with Gasteiger partial charge in [-0.25, -0.2) is 0 Å². The molecule has 0 amide bonds. The van der Waals surface area contributed by atoms with E-state index >= 15 is 0 Å². The van der Waals surface area contributed by atoms with Crippen LogP contribution in [0.1, 0.15) is 31.9 Å². The predicted octanol–water partition coefficient (Wildman–Crippen LogP) is 4.78. The fourth-order valence-electron chi connectivity index (χ4n) is 2.65. The smallest absolute Gasteiger partial charge is 0.171 e. The summed E-state index contributed by atoms with van der Waals surface area (Å²) < 4.78 is 10.6. The minimum Gasteiger partial charge on any atom is -0.497 e. The van der Waals surface area contributed by atoms with E-state index in [0.29, 0.717) is 16.8 Å². The van der Waals surface area contributed by atoms with Crippen LogP contribution in [0.2, 0.25) is 0 Å². The van der Waals surface area contributed by atoms with Crippen molar-refractivity contribution in [3.8, 4) is 11.5 Å². The number of methoxy groups -OCH3 is 2. The van der Waals surface area contributed by atoms with Gasteiger partial charge in [0.05, 0.1) is 25.9 Å². The molecule has 0 saturated heterocycles. The Labute approximate surface area is 155 Å². The summed E-state index contributed by atoms with van der Waals surface area (Å²) >= 11 is 5.52. The number of nitrogens with one attached hydrogen (secondary N) is 2. The lowest BCUT2D eigenvalue weighted by Crippen LogP contribution is -2.33. The SMILES string of the molecule is COc1ccc(NC(=S)N[C@H](CC(C)C)c2ccccc2)c(OC)c1. The van der Waals surface area contributed by atoms with E-state index in [9.17, 15) is 0 Å². The zero-order valence-electron chi connectivity index (χ0n) is 15.2. The van der Waals surface area contributed by atoms with Gasteiger partial charge in [0.2, 0.25) is 0 Å². The highest BCUT2D eigenvalue weighted by Gasteiger charge is 2.15. The molecule has 0 heterocycles. The van der Waals surface area contributed by atoms with Crippen LogP contribution in [0.15, 0.2) is 48.5 Å². The number of thiocarbonyl (C=S) groups is 1. The Balaban J connectivity index is 2.11. The van der Waals surface area contributed by atoms with Gasteiger partial charge < -0.3 is 20.1 Å². The van der Waals surface area contributed by atoms with Crippen LogP contribution in [-0.4, -0.2) is 19.3 Å². The van der Waals surface area contributed by atoms with Gasteiger partial charge >= 0.3 is 0 Å². The molecule has 0 bridgehead atoms. The monoisotopic (exact) mass is 358 g/mol. The van der Waals surface area contributed by atoms with Crippen molar-refractivity contribution >= 4 is 23.0 Å². The van der Waals surface area contributed by atoms with Gasteiger partial charge in [0.25, 0.3) is 0 Å². The fourth-order valence-corrected chi connectivity index (χ4v) is 2.91.